The lowest BCUT2D eigenvalue weighted by atomic mass is 9.98. The third-order valence-electron chi connectivity index (χ3n) is 4.04. The maximum Gasteiger partial charge on any atom is 0.0444 e. The van der Waals surface area contributed by atoms with Gasteiger partial charge < -0.3 is 0 Å². The molecule has 0 N–H and O–H groups in total. The molecule has 0 saturated carbocycles. The second-order valence-electron chi connectivity index (χ2n) is 4.88. The lowest BCUT2D eigenvalue weighted by Gasteiger charge is -2.13. The van der Waals surface area contributed by atoms with Gasteiger partial charge in [0.2, 0.25) is 0 Å². The summed E-state index contributed by atoms with van der Waals surface area (Å²) in [6.45, 7) is 4.33. The van der Waals surface area contributed by atoms with Crippen molar-refractivity contribution < 1.29 is 0 Å². The largest absolute Gasteiger partial charge is 0.0840 e. The second kappa shape index (κ2) is 3.72. The highest BCUT2D eigenvalue weighted by Crippen LogP contribution is 2.46. The molecule has 0 spiro atoms. The van der Waals surface area contributed by atoms with E-state index in [1.165, 1.54) is 33.4 Å². The van der Waals surface area contributed by atoms with Crippen molar-refractivity contribution in [2.75, 3.05) is 0 Å². The van der Waals surface area contributed by atoms with Gasteiger partial charge in [-0.15, -0.1) is 0 Å². The van der Waals surface area contributed by atoms with Crippen LogP contribution in [0, 0.1) is 13.8 Å². The topological polar surface area (TPSA) is 0 Å². The minimum absolute atomic E-state index is 0.622. The lowest BCUT2D eigenvalue weighted by Crippen LogP contribution is -1.99. The predicted octanol–water partition coefficient (Wildman–Crippen LogP) is 3.39. The van der Waals surface area contributed by atoms with Crippen LogP contribution in [-0.4, -0.2) is 10.2 Å². The van der Waals surface area contributed by atoms with E-state index in [-0.39, 0.29) is 0 Å². The zero-order chi connectivity index (χ0) is 12.2. The highest BCUT2D eigenvalue weighted by Gasteiger charge is 2.27. The Hall–Kier alpha value is -1.05. The van der Waals surface area contributed by atoms with Crippen LogP contribution in [0.15, 0.2) is 30.3 Å². The first-order valence-corrected chi connectivity index (χ1v) is 7.53. The fourth-order valence-corrected chi connectivity index (χ4v) is 4.45. The first-order chi connectivity index (χ1) is 8.11. The van der Waals surface area contributed by atoms with Gasteiger partial charge in [0.05, 0.1) is 0 Å². The van der Waals surface area contributed by atoms with Crippen LogP contribution in [-0.2, 0) is 0 Å². The van der Waals surface area contributed by atoms with Gasteiger partial charge in [-0.2, -0.15) is 0 Å². The average molecular weight is 259 g/mol. The van der Waals surface area contributed by atoms with Crippen LogP contribution < -0.4 is 0 Å². The van der Waals surface area contributed by atoms with E-state index in [2.05, 4.69) is 44.2 Å². The van der Waals surface area contributed by atoms with Gasteiger partial charge in [0, 0.05) is 15.3 Å². The Kier molecular flexibility index (Phi) is 2.42. The van der Waals surface area contributed by atoms with Crippen LogP contribution in [0.5, 0.6) is 0 Å². The summed E-state index contributed by atoms with van der Waals surface area (Å²) in [5.74, 6) is 0. The van der Waals surface area contributed by atoms with Crippen LogP contribution in [0.2, 0.25) is 5.02 Å². The van der Waals surface area contributed by atoms with Gasteiger partial charge in [-0.3, -0.25) is 0 Å². The van der Waals surface area contributed by atoms with Crippen LogP contribution in [0.3, 0.4) is 0 Å². The van der Waals surface area contributed by atoms with E-state index in [1.807, 2.05) is 0 Å². The Labute approximate surface area is 110 Å². The fraction of sp³-hybridized carbons (Fsp3) is 0.200. The minimum atomic E-state index is 0.622. The van der Waals surface area contributed by atoms with E-state index in [9.17, 15) is 0 Å². The van der Waals surface area contributed by atoms with Crippen LogP contribution in [0.1, 0.15) is 27.8 Å². The molecule has 1 aliphatic carbocycles. The number of benzene rings is 2. The van der Waals surface area contributed by atoms with E-state index >= 15 is 0 Å². The first-order valence-electron chi connectivity index (χ1n) is 6.00. The molecule has 0 amide bonds. The molecular weight excluding hydrogens is 244 g/mol. The highest BCUT2D eigenvalue weighted by molar-refractivity contribution is 6.32. The second-order valence-corrected chi connectivity index (χ2v) is 6.44. The van der Waals surface area contributed by atoms with Crippen LogP contribution in [0.25, 0.3) is 11.1 Å². The zero-order valence-corrected chi connectivity index (χ0v) is 13.1. The molecule has 1 atom stereocenters. The van der Waals surface area contributed by atoms with Crippen molar-refractivity contribution in [2.45, 2.75) is 19.4 Å². The zero-order valence-electron chi connectivity index (χ0n) is 10.3. The molecule has 3 rings (SSSR count). The molecule has 2 aromatic carbocycles. The molecule has 0 heterocycles. The molecule has 1 unspecified atom stereocenters. The molecule has 0 aromatic heterocycles. The third kappa shape index (κ3) is 1.42. The minimum Gasteiger partial charge on any atom is -0.0840 e. The van der Waals surface area contributed by atoms with Gasteiger partial charge in [-0.1, -0.05) is 35.9 Å². The van der Waals surface area contributed by atoms with Crippen molar-refractivity contribution in [3.05, 3.63) is 57.6 Å². The molecule has 2 heteroatoms. The highest BCUT2D eigenvalue weighted by atomic mass is 35.5. The van der Waals surface area contributed by atoms with E-state index < -0.39 is 0 Å². The van der Waals surface area contributed by atoms with Crippen molar-refractivity contribution in [3.63, 3.8) is 0 Å². The summed E-state index contributed by atoms with van der Waals surface area (Å²) in [7, 11) is 1.16. The molecule has 0 radical (unpaired) electrons. The van der Waals surface area contributed by atoms with Crippen molar-refractivity contribution in [1.82, 2.24) is 0 Å². The van der Waals surface area contributed by atoms with Gasteiger partial charge in [0.15, 0.2) is 0 Å². The normalized spacial score (nSPS) is 17.0. The number of rotatable bonds is 0. The van der Waals surface area contributed by atoms with Gasteiger partial charge in [0.1, 0.15) is 0 Å². The quantitative estimate of drug-likeness (QED) is 0.636. The van der Waals surface area contributed by atoms with Crippen LogP contribution in [0.4, 0.5) is 0 Å². The summed E-state index contributed by atoms with van der Waals surface area (Å²) < 4.78 is 0. The molecule has 17 heavy (non-hydrogen) atoms. The van der Waals surface area contributed by atoms with Gasteiger partial charge in [0.25, 0.3) is 0 Å². The Morgan fingerprint density at radius 1 is 1.06 bits per heavy atom. The van der Waals surface area contributed by atoms with Crippen molar-refractivity contribution in [3.8, 4) is 11.1 Å². The standard InChI is InChI=1S/C15H15ClSi/c1-8-9(2)14-12(7-13(8)16)10-5-3-4-6-11(10)15(14)17/h3-7,15H,1-2,17H3. The number of hydrogen-bond acceptors (Lipinski definition) is 0. The Bertz CT molecular complexity index is 617. The van der Waals surface area contributed by atoms with Crippen molar-refractivity contribution in [2.24, 2.45) is 0 Å². The summed E-state index contributed by atoms with van der Waals surface area (Å²) >= 11 is 6.32. The molecule has 0 saturated heterocycles. The average Bonchev–Trinajstić information content (AvgIpc) is 2.61. The summed E-state index contributed by atoms with van der Waals surface area (Å²) in [4.78, 5) is 0. The van der Waals surface area contributed by atoms with Gasteiger partial charge >= 0.3 is 0 Å². The van der Waals surface area contributed by atoms with E-state index in [1.54, 1.807) is 0 Å². The summed E-state index contributed by atoms with van der Waals surface area (Å²) in [6, 6.07) is 10.9. The fourth-order valence-electron chi connectivity index (χ4n) is 2.95. The molecule has 0 nitrogen and oxygen atoms in total. The predicted molar refractivity (Wildman–Crippen MR) is 78.1 cm³/mol. The number of halogens is 1. The molecule has 0 aliphatic heterocycles. The van der Waals surface area contributed by atoms with Crippen molar-refractivity contribution >= 4 is 21.8 Å². The Balaban J connectivity index is 2.39. The third-order valence-corrected chi connectivity index (χ3v) is 5.63. The lowest BCUT2D eigenvalue weighted by molar-refractivity contribution is 1.15. The van der Waals surface area contributed by atoms with Gasteiger partial charge in [-0.25, -0.2) is 0 Å². The molecular formula is C15H15ClSi. The maximum atomic E-state index is 6.32. The summed E-state index contributed by atoms with van der Waals surface area (Å²) in [6.07, 6.45) is 0. The SMILES string of the molecule is Cc1c(Cl)cc2c(c1C)C([SiH3])c1ccccc1-2. The molecule has 86 valence electrons. The van der Waals surface area contributed by atoms with Crippen LogP contribution >= 0.6 is 11.6 Å². The van der Waals surface area contributed by atoms with Gasteiger partial charge in [-0.05, 0) is 58.8 Å². The maximum absolute atomic E-state index is 6.32. The van der Waals surface area contributed by atoms with E-state index in [0.717, 1.165) is 15.3 Å². The smallest absolute Gasteiger partial charge is 0.0444 e. The number of hydrogen-bond donors (Lipinski definition) is 0. The van der Waals surface area contributed by atoms with E-state index in [0.29, 0.717) is 5.54 Å². The first kappa shape index (κ1) is 11.1. The Morgan fingerprint density at radius 2 is 1.76 bits per heavy atom. The molecule has 0 bridgehead atoms. The monoisotopic (exact) mass is 258 g/mol. The summed E-state index contributed by atoms with van der Waals surface area (Å²) in [5, 5.41) is 0.895. The molecule has 2 aromatic rings. The van der Waals surface area contributed by atoms with E-state index in [4.69, 9.17) is 11.6 Å². The van der Waals surface area contributed by atoms with Crippen molar-refractivity contribution in [1.29, 1.82) is 0 Å². The molecule has 1 aliphatic rings. The summed E-state index contributed by atoms with van der Waals surface area (Å²) in [5.41, 5.74) is 8.97. The number of fused-ring (bicyclic) bond motifs is 3. The Morgan fingerprint density at radius 3 is 2.53 bits per heavy atom. The molecule has 0 fully saturated rings.